The monoisotopic (exact) mass is 401 g/mol. The van der Waals surface area contributed by atoms with E-state index < -0.39 is 12.0 Å². The number of ether oxygens (including phenoxy) is 1. The predicted molar refractivity (Wildman–Crippen MR) is 106 cm³/mol. The van der Waals surface area contributed by atoms with Crippen molar-refractivity contribution in [3.63, 3.8) is 0 Å². The highest BCUT2D eigenvalue weighted by Gasteiger charge is 2.18. The van der Waals surface area contributed by atoms with E-state index in [-0.39, 0.29) is 6.01 Å². The lowest BCUT2D eigenvalue weighted by Gasteiger charge is -2.17. The Morgan fingerprint density at radius 1 is 1.29 bits per heavy atom. The number of hydroxylamine groups is 1. The quantitative estimate of drug-likeness (QED) is 0.448. The summed E-state index contributed by atoms with van der Waals surface area (Å²) in [5.74, 6) is -0.676. The van der Waals surface area contributed by atoms with Crippen LogP contribution in [-0.2, 0) is 4.79 Å². The molecule has 0 radical (unpaired) electrons. The molecule has 0 bridgehead atoms. The van der Waals surface area contributed by atoms with Crippen LogP contribution in [0.25, 0.3) is 22.4 Å². The van der Waals surface area contributed by atoms with E-state index in [0.29, 0.717) is 21.9 Å². The molecule has 1 aliphatic heterocycles. The number of hydrogen-bond acceptors (Lipinski definition) is 6. The molecule has 3 aromatic rings. The van der Waals surface area contributed by atoms with E-state index in [1.807, 2.05) is 12.1 Å². The fraction of sp³-hybridized carbons (Fsp3) is 0.316. The van der Waals surface area contributed by atoms with Crippen LogP contribution < -0.4 is 15.1 Å². The lowest BCUT2D eigenvalue weighted by Crippen LogP contribution is -2.34. The van der Waals surface area contributed by atoms with Crippen molar-refractivity contribution in [3.05, 3.63) is 35.4 Å². The molecule has 28 heavy (non-hydrogen) atoms. The second kappa shape index (κ2) is 7.65. The summed E-state index contributed by atoms with van der Waals surface area (Å²) in [6.45, 7) is 3.67. The van der Waals surface area contributed by atoms with Crippen LogP contribution in [0.5, 0.6) is 6.01 Å². The van der Waals surface area contributed by atoms with Crippen LogP contribution in [0.1, 0.15) is 19.8 Å². The molecule has 8 nitrogen and oxygen atoms in total. The Bertz CT molecular complexity index is 999. The molecule has 4 rings (SSSR count). The minimum Gasteiger partial charge on any atom is -0.452 e. The fourth-order valence-electron chi connectivity index (χ4n) is 3.27. The molecule has 1 fully saturated rings. The van der Waals surface area contributed by atoms with Gasteiger partial charge in [0.2, 0.25) is 0 Å². The van der Waals surface area contributed by atoms with Gasteiger partial charge >= 0.3 is 0 Å². The third-order valence-electron chi connectivity index (χ3n) is 4.78. The number of benzene rings is 1. The first-order chi connectivity index (χ1) is 13.5. The fourth-order valence-corrected chi connectivity index (χ4v) is 3.53. The highest BCUT2D eigenvalue weighted by molar-refractivity contribution is 6.33. The maximum atomic E-state index is 11.4. The van der Waals surface area contributed by atoms with Crippen LogP contribution in [0.15, 0.2) is 30.3 Å². The summed E-state index contributed by atoms with van der Waals surface area (Å²) >= 11 is 6.43. The number of halogens is 1. The van der Waals surface area contributed by atoms with Crippen molar-refractivity contribution in [3.8, 4) is 17.3 Å². The molecule has 3 N–H and O–H groups in total. The number of anilines is 1. The number of pyridine rings is 1. The van der Waals surface area contributed by atoms with Crippen molar-refractivity contribution in [2.24, 2.45) is 0 Å². The highest BCUT2D eigenvalue weighted by atomic mass is 35.5. The van der Waals surface area contributed by atoms with E-state index in [0.717, 1.165) is 18.7 Å². The molecule has 2 aromatic heterocycles. The molecule has 1 aliphatic rings. The van der Waals surface area contributed by atoms with Crippen LogP contribution in [0.3, 0.4) is 0 Å². The van der Waals surface area contributed by atoms with Crippen LogP contribution >= 0.6 is 11.6 Å². The van der Waals surface area contributed by atoms with E-state index in [1.54, 1.807) is 6.07 Å². The summed E-state index contributed by atoms with van der Waals surface area (Å²) in [6.07, 6.45) is 1.54. The molecule has 0 saturated carbocycles. The summed E-state index contributed by atoms with van der Waals surface area (Å²) in [7, 11) is 0. The third kappa shape index (κ3) is 3.61. The van der Waals surface area contributed by atoms with Gasteiger partial charge in [0.25, 0.3) is 11.9 Å². The average molecular weight is 402 g/mol. The van der Waals surface area contributed by atoms with Gasteiger partial charge < -0.3 is 14.6 Å². The standard InChI is InChI=1S/C19H20ClN5O3/c1-11(18(26)24-27)28-19-21-15-10-14(20)16(22-17(15)23-19)12-4-6-13(7-5-12)25-8-2-3-9-25/h4-7,10-11,27H,2-3,8-9H2,1H3,(H,24,26)(H,21,22,23). The van der Waals surface area contributed by atoms with Crippen LogP contribution in [-0.4, -0.2) is 45.3 Å². The normalized spacial score (nSPS) is 15.0. The first kappa shape index (κ1) is 18.5. The first-order valence-corrected chi connectivity index (χ1v) is 9.45. The summed E-state index contributed by atoms with van der Waals surface area (Å²) in [5.41, 5.74) is 5.28. The lowest BCUT2D eigenvalue weighted by atomic mass is 10.1. The van der Waals surface area contributed by atoms with E-state index >= 15 is 0 Å². The number of H-pyrrole nitrogens is 1. The minimum absolute atomic E-state index is 0.121. The molecule has 1 amide bonds. The summed E-state index contributed by atoms with van der Waals surface area (Å²) < 4.78 is 5.38. The molecule has 1 unspecified atom stereocenters. The van der Waals surface area contributed by atoms with Gasteiger partial charge in [-0.25, -0.2) is 10.5 Å². The molecular formula is C19H20ClN5O3. The first-order valence-electron chi connectivity index (χ1n) is 9.07. The van der Waals surface area contributed by atoms with Gasteiger partial charge in [-0.2, -0.15) is 4.98 Å². The van der Waals surface area contributed by atoms with Gasteiger partial charge in [-0.3, -0.25) is 10.0 Å². The molecule has 1 atom stereocenters. The van der Waals surface area contributed by atoms with Gasteiger partial charge in [0.05, 0.1) is 16.2 Å². The van der Waals surface area contributed by atoms with Crippen LogP contribution in [0.2, 0.25) is 5.02 Å². The Morgan fingerprint density at radius 2 is 2.00 bits per heavy atom. The molecular weight excluding hydrogens is 382 g/mol. The Balaban J connectivity index is 1.60. The van der Waals surface area contributed by atoms with E-state index in [4.69, 9.17) is 21.5 Å². The maximum Gasteiger partial charge on any atom is 0.296 e. The Labute approximate surface area is 166 Å². The Kier molecular flexibility index (Phi) is 5.06. The summed E-state index contributed by atoms with van der Waals surface area (Å²) in [5, 5.41) is 9.15. The van der Waals surface area contributed by atoms with Gasteiger partial charge in [0.15, 0.2) is 11.8 Å². The third-order valence-corrected chi connectivity index (χ3v) is 5.07. The number of fused-ring (bicyclic) bond motifs is 1. The van der Waals surface area contributed by atoms with Gasteiger partial charge in [0.1, 0.15) is 0 Å². The van der Waals surface area contributed by atoms with Crippen LogP contribution in [0.4, 0.5) is 5.69 Å². The number of nitrogens with one attached hydrogen (secondary N) is 2. The number of carbonyl (C=O) groups excluding carboxylic acids is 1. The molecule has 0 spiro atoms. The predicted octanol–water partition coefficient (Wildman–Crippen LogP) is 3.15. The van der Waals surface area contributed by atoms with E-state index in [9.17, 15) is 4.79 Å². The number of nitrogens with zero attached hydrogens (tertiary/aromatic N) is 3. The number of rotatable bonds is 5. The van der Waals surface area contributed by atoms with Gasteiger partial charge in [0, 0.05) is 24.3 Å². The highest BCUT2D eigenvalue weighted by Crippen LogP contribution is 2.31. The van der Waals surface area contributed by atoms with E-state index in [1.165, 1.54) is 30.9 Å². The molecule has 3 heterocycles. The minimum atomic E-state index is -0.918. The maximum absolute atomic E-state index is 11.4. The SMILES string of the molecule is CC(Oc1nc2nc(-c3ccc(N4CCCC4)cc3)c(Cl)cc2[nH]1)C(=O)NO. The Morgan fingerprint density at radius 3 is 2.68 bits per heavy atom. The van der Waals surface area contributed by atoms with E-state index in [2.05, 4.69) is 32.0 Å². The number of carbonyl (C=O) groups is 1. The van der Waals surface area contributed by atoms with Gasteiger partial charge in [-0.15, -0.1) is 0 Å². The zero-order valence-corrected chi connectivity index (χ0v) is 16.0. The number of aromatic amines is 1. The summed E-state index contributed by atoms with van der Waals surface area (Å²) in [4.78, 5) is 25.5. The number of imidazole rings is 1. The molecule has 9 heteroatoms. The van der Waals surface area contributed by atoms with Crippen molar-refractivity contribution in [1.82, 2.24) is 20.4 Å². The van der Waals surface area contributed by atoms with Crippen molar-refractivity contribution >= 4 is 34.4 Å². The van der Waals surface area contributed by atoms with Crippen molar-refractivity contribution in [2.45, 2.75) is 25.9 Å². The molecule has 1 aromatic carbocycles. The number of amides is 1. The smallest absolute Gasteiger partial charge is 0.296 e. The number of aromatic nitrogens is 3. The van der Waals surface area contributed by atoms with Crippen molar-refractivity contribution < 1.29 is 14.7 Å². The lowest BCUT2D eigenvalue weighted by molar-refractivity contribution is -0.135. The van der Waals surface area contributed by atoms with Crippen molar-refractivity contribution in [2.75, 3.05) is 18.0 Å². The second-order valence-electron chi connectivity index (χ2n) is 6.71. The molecule has 1 saturated heterocycles. The topological polar surface area (TPSA) is 103 Å². The second-order valence-corrected chi connectivity index (χ2v) is 7.12. The Hall–Kier alpha value is -2.84. The zero-order valence-electron chi connectivity index (χ0n) is 15.3. The largest absolute Gasteiger partial charge is 0.452 e. The number of hydrogen-bond donors (Lipinski definition) is 3. The van der Waals surface area contributed by atoms with Crippen molar-refractivity contribution in [1.29, 1.82) is 0 Å². The average Bonchev–Trinajstić information content (AvgIpc) is 3.36. The van der Waals surface area contributed by atoms with Gasteiger partial charge in [-0.05, 0) is 38.0 Å². The zero-order chi connectivity index (χ0) is 19.7. The molecule has 0 aliphatic carbocycles. The van der Waals surface area contributed by atoms with Gasteiger partial charge in [-0.1, -0.05) is 23.7 Å². The molecule has 146 valence electrons. The summed E-state index contributed by atoms with van der Waals surface area (Å²) in [6, 6.07) is 10.0. The van der Waals surface area contributed by atoms with Crippen LogP contribution in [0, 0.1) is 0 Å².